The van der Waals surface area contributed by atoms with E-state index in [9.17, 15) is 20.1 Å². The van der Waals surface area contributed by atoms with Gasteiger partial charge in [0.15, 0.2) is 11.5 Å². The maximum absolute atomic E-state index is 14.5. The van der Waals surface area contributed by atoms with E-state index in [0.717, 1.165) is 100 Å². The van der Waals surface area contributed by atoms with Gasteiger partial charge in [0.25, 0.3) is 6.23 Å². The standard InChI is InChI=1S/C53H62N4O6S2/c1-3-4-5-8-36(49(61)37-12-9-31(2)23-46(37)60)45(59)16-10-32-11-18-47-50-41(32)30-65-64-29-34-26-56-51(54)38-14-13-35-39(48(34)38)24-33-25-55-43-28-57(27-40(33)43)52(63-50)42(15-17-44(35)58)53(21-22-62-47)19-6-7-20-53/h9,11-14,18,25,27,31,34,36-37,42,44,46,49,51-52,56,58,60-61H,3-8,10,16,19-20,23-24,26,28-30,54H2,1-2H3/p+1. The number of allylic oxidation sites excluding steroid dienone is 2. The summed E-state index contributed by atoms with van der Waals surface area (Å²) in [4.78, 5) is 20.6. The molecular weight excluding hydrogens is 853 g/mol. The number of carbonyl (C=O) groups excluding carboxylic acids is 1. The molecule has 2 aliphatic carbocycles. The van der Waals surface area contributed by atoms with Crippen molar-refractivity contribution < 1.29 is 34.5 Å². The van der Waals surface area contributed by atoms with Gasteiger partial charge in [-0.05, 0) is 77.5 Å². The van der Waals surface area contributed by atoms with Crippen LogP contribution in [0.15, 0.2) is 65.0 Å². The summed E-state index contributed by atoms with van der Waals surface area (Å²) >= 11 is 0. The smallest absolute Gasteiger partial charge is 0.252 e. The monoisotopic (exact) mass is 915 g/mol. The summed E-state index contributed by atoms with van der Waals surface area (Å²) in [5.74, 6) is 12.2. The molecule has 0 radical (unpaired) electrons. The summed E-state index contributed by atoms with van der Waals surface area (Å²) in [6.45, 7) is 5.53. The molecule has 11 unspecified atom stereocenters. The Hall–Kier alpha value is -3.82. The lowest BCUT2D eigenvalue weighted by Crippen LogP contribution is -3.13. The summed E-state index contributed by atoms with van der Waals surface area (Å²) in [5, 5.41) is 38.7. The molecule has 8 bridgehead atoms. The van der Waals surface area contributed by atoms with Gasteiger partial charge in [-0.3, -0.25) is 20.0 Å². The molecule has 7 aliphatic heterocycles. The highest BCUT2D eigenvalue weighted by Gasteiger charge is 2.52. The summed E-state index contributed by atoms with van der Waals surface area (Å²) in [6.07, 6.45) is 17.0. The normalized spacial score (nSPS) is 31.2. The third-order valence-corrected chi connectivity index (χ3v) is 17.9. The highest BCUT2D eigenvalue weighted by Crippen LogP contribution is 2.49. The van der Waals surface area contributed by atoms with Crippen LogP contribution in [0.2, 0.25) is 0 Å². The molecule has 7 N–H and O–H groups in total. The fraction of sp³-hybridized carbons (Fsp3) is 0.547. The number of rotatable bonds is 10. The largest absolute Gasteiger partial charge is 0.437 e. The predicted molar refractivity (Wildman–Crippen MR) is 257 cm³/mol. The zero-order chi connectivity index (χ0) is 44.8. The van der Waals surface area contributed by atoms with E-state index in [2.05, 4.69) is 67.4 Å². The van der Waals surface area contributed by atoms with Crippen molar-refractivity contribution in [2.24, 2.45) is 39.8 Å². The fourth-order valence-electron chi connectivity index (χ4n) is 11.9. The minimum Gasteiger partial charge on any atom is -0.437 e. The number of carbonyl (C=O) groups is 1. The van der Waals surface area contributed by atoms with Gasteiger partial charge >= 0.3 is 0 Å². The molecule has 0 saturated heterocycles. The molecule has 11 atom stereocenters. The number of aryl methyl sites for hydroxylation is 1. The highest BCUT2D eigenvalue weighted by atomic mass is 33.1. The Morgan fingerprint density at radius 2 is 1.94 bits per heavy atom. The second-order valence-electron chi connectivity index (χ2n) is 19.7. The Bertz CT molecular complexity index is 2450. The van der Waals surface area contributed by atoms with Crippen molar-refractivity contribution in [3.63, 3.8) is 0 Å². The zero-order valence-electron chi connectivity index (χ0n) is 37.6. The van der Waals surface area contributed by atoms with E-state index in [0.29, 0.717) is 56.0 Å². The van der Waals surface area contributed by atoms with Crippen molar-refractivity contribution in [3.05, 3.63) is 93.3 Å². The Morgan fingerprint density at radius 1 is 1.09 bits per heavy atom. The van der Waals surface area contributed by atoms with E-state index < -0.39 is 47.7 Å². The maximum atomic E-state index is 14.5. The number of quaternary nitrogens is 1. The maximum Gasteiger partial charge on any atom is 0.252 e. The van der Waals surface area contributed by atoms with Crippen molar-refractivity contribution in [3.8, 4) is 35.4 Å². The fourth-order valence-corrected chi connectivity index (χ4v) is 14.4. The minimum absolute atomic E-state index is 0.0207. The lowest BCUT2D eigenvalue weighted by molar-refractivity contribution is -0.888. The van der Waals surface area contributed by atoms with E-state index in [1.54, 1.807) is 10.8 Å². The molecule has 0 amide bonds. The molecule has 9 aliphatic rings. The van der Waals surface area contributed by atoms with Gasteiger partial charge in [0.2, 0.25) is 0 Å². The van der Waals surface area contributed by atoms with E-state index in [1.807, 2.05) is 35.2 Å². The molecule has 12 heteroatoms. The topological polar surface area (TPSA) is 151 Å². The Morgan fingerprint density at radius 3 is 2.77 bits per heavy atom. The number of aliphatic hydroxyl groups is 3. The highest BCUT2D eigenvalue weighted by molar-refractivity contribution is 8.76. The van der Waals surface area contributed by atoms with E-state index in [4.69, 9.17) is 20.2 Å². The molecule has 2 aromatic rings. The molecule has 7 heterocycles. The molecule has 10 nitrogen and oxygen atoms in total. The number of nitrogens with zero attached hydrogens (tertiary/aromatic N) is 1. The second kappa shape index (κ2) is 19.1. The molecule has 1 spiro atoms. The number of hydrogen-bond acceptors (Lipinski definition) is 11. The van der Waals surface area contributed by atoms with Crippen LogP contribution in [-0.4, -0.2) is 64.1 Å². The summed E-state index contributed by atoms with van der Waals surface area (Å²) in [7, 11) is 3.58. The lowest BCUT2D eigenvalue weighted by atomic mass is 9.73. The third kappa shape index (κ3) is 8.68. The van der Waals surface area contributed by atoms with Gasteiger partial charge in [-0.15, -0.1) is 0 Å². The molecule has 2 aromatic carbocycles. The molecule has 342 valence electrons. The van der Waals surface area contributed by atoms with Crippen molar-refractivity contribution in [1.82, 2.24) is 5.32 Å². The Labute approximate surface area is 391 Å². The first-order valence-corrected chi connectivity index (χ1v) is 26.6. The number of fused-ring (bicyclic) bond motifs is 4. The molecule has 1 saturated carbocycles. The Kier molecular flexibility index (Phi) is 13.2. The predicted octanol–water partition coefficient (Wildman–Crippen LogP) is 6.51. The number of nitrogens with two attached hydrogens (primary N) is 1. The van der Waals surface area contributed by atoms with Crippen LogP contribution >= 0.6 is 21.6 Å². The number of nitrogens with one attached hydrogen (secondary N) is 2. The van der Waals surface area contributed by atoms with E-state index in [1.165, 1.54) is 5.56 Å². The van der Waals surface area contributed by atoms with Crippen LogP contribution in [0.1, 0.15) is 130 Å². The van der Waals surface area contributed by atoms with Crippen LogP contribution in [0, 0.1) is 53.0 Å². The van der Waals surface area contributed by atoms with Crippen molar-refractivity contribution in [2.75, 3.05) is 18.8 Å². The van der Waals surface area contributed by atoms with Gasteiger partial charge < -0.3 is 30.5 Å². The first kappa shape index (κ1) is 45.0. The zero-order valence-corrected chi connectivity index (χ0v) is 39.2. The summed E-state index contributed by atoms with van der Waals surface area (Å²) in [5.41, 5.74) is 15.7. The number of unbranched alkanes of at least 4 members (excludes halogenated alkanes) is 2. The number of benzene rings is 2. The number of hydrogen-bond donors (Lipinski definition) is 6. The van der Waals surface area contributed by atoms with Crippen molar-refractivity contribution in [2.45, 2.75) is 133 Å². The van der Waals surface area contributed by atoms with Gasteiger partial charge in [-0.25, -0.2) is 0 Å². The quantitative estimate of drug-likeness (QED) is 0.0675. The van der Waals surface area contributed by atoms with Crippen LogP contribution in [-0.2, 0) is 23.4 Å². The van der Waals surface area contributed by atoms with Crippen LogP contribution in [0.3, 0.4) is 0 Å². The van der Waals surface area contributed by atoms with Gasteiger partial charge in [0.05, 0.1) is 29.4 Å². The third-order valence-electron chi connectivity index (χ3n) is 15.6. The molecule has 11 rings (SSSR count). The number of Topliss-reactive ketones (excluding diaryl/α,β-unsaturated/α-hetero) is 1. The first-order valence-electron chi connectivity index (χ1n) is 24.1. The van der Waals surface area contributed by atoms with Gasteiger partial charge in [0.1, 0.15) is 42.4 Å². The summed E-state index contributed by atoms with van der Waals surface area (Å²) in [6, 6.07) is 8.12. The molecule has 65 heavy (non-hydrogen) atoms. The number of aliphatic imine (C=N–C) groups is 1. The second-order valence-corrected chi connectivity index (χ2v) is 22.2. The summed E-state index contributed by atoms with van der Waals surface area (Å²) < 4.78 is 14.0. The first-order chi connectivity index (χ1) is 31.6. The number of ketones is 1. The molecule has 1 fully saturated rings. The average Bonchev–Trinajstić information content (AvgIpc) is 4.05. The minimum atomic E-state index is -1.04. The molecular formula is C53H63N4O6S2+. The van der Waals surface area contributed by atoms with Crippen LogP contribution < -0.4 is 25.4 Å². The van der Waals surface area contributed by atoms with Gasteiger partial charge in [-0.2, -0.15) is 0 Å². The van der Waals surface area contributed by atoms with Crippen molar-refractivity contribution >= 4 is 33.1 Å². The van der Waals surface area contributed by atoms with E-state index in [-0.39, 0.29) is 30.2 Å². The Balaban J connectivity index is 1.08. The lowest BCUT2D eigenvalue weighted by Gasteiger charge is -2.36. The van der Waals surface area contributed by atoms with Gasteiger partial charge in [0, 0.05) is 60.4 Å². The van der Waals surface area contributed by atoms with Crippen LogP contribution in [0.5, 0.6) is 11.5 Å². The SMILES string of the molecule is CCCCCC(C(=O)CCc1ccc2c3c1CSSCC1CNC(N)c4ccc5c(c41)CC1=CN=C4C[NH+](C=C14)C(O3)C(C#CC5O)C1(C#CO2)CCCC1)C(O)C1C=CC(C)CC1O. The number of ether oxygens (including phenoxy) is 2. The van der Waals surface area contributed by atoms with Crippen LogP contribution in [0.25, 0.3) is 0 Å². The van der Waals surface area contributed by atoms with E-state index >= 15 is 0 Å². The average molecular weight is 916 g/mol. The number of aliphatic hydroxyl groups excluding tert-OH is 3. The molecule has 0 aromatic heterocycles. The van der Waals surface area contributed by atoms with Gasteiger partial charge in [-0.1, -0.05) is 116 Å². The van der Waals surface area contributed by atoms with Crippen LogP contribution in [0.4, 0.5) is 0 Å². The van der Waals surface area contributed by atoms with Crippen molar-refractivity contribution in [1.29, 1.82) is 0 Å².